The van der Waals surface area contributed by atoms with Crippen LogP contribution >= 0.6 is 0 Å². The molecule has 6 heteroatoms. The Morgan fingerprint density at radius 1 is 1.00 bits per heavy atom. The Kier molecular flexibility index (Phi) is 3.99. The van der Waals surface area contributed by atoms with Gasteiger partial charge in [0.25, 0.3) is 0 Å². The summed E-state index contributed by atoms with van der Waals surface area (Å²) in [4.78, 5) is 13.7. The van der Waals surface area contributed by atoms with E-state index in [0.29, 0.717) is 18.0 Å². The summed E-state index contributed by atoms with van der Waals surface area (Å²) in [5.41, 5.74) is 8.65. The first kappa shape index (κ1) is 15.7. The summed E-state index contributed by atoms with van der Waals surface area (Å²) in [6.45, 7) is 1.05. The second-order valence-corrected chi connectivity index (χ2v) is 7.19. The predicted molar refractivity (Wildman–Crippen MR) is 102 cm³/mol. The van der Waals surface area contributed by atoms with E-state index in [2.05, 4.69) is 33.3 Å². The van der Waals surface area contributed by atoms with Gasteiger partial charge in [-0.1, -0.05) is 12.1 Å². The van der Waals surface area contributed by atoms with Crippen molar-refractivity contribution in [1.29, 1.82) is 0 Å². The minimum Gasteiger partial charge on any atom is -0.367 e. The van der Waals surface area contributed by atoms with Crippen LogP contribution < -0.4 is 16.2 Å². The van der Waals surface area contributed by atoms with Crippen molar-refractivity contribution in [3.8, 4) is 11.4 Å². The predicted octanol–water partition coefficient (Wildman–Crippen LogP) is 2.75. The molecule has 2 aliphatic rings. The van der Waals surface area contributed by atoms with Crippen molar-refractivity contribution in [2.75, 3.05) is 11.9 Å². The summed E-state index contributed by atoms with van der Waals surface area (Å²) in [5.74, 6) is 2.37. The first-order valence-corrected chi connectivity index (χ1v) is 9.29. The molecule has 3 aromatic rings. The molecular formula is C20H22N6. The van der Waals surface area contributed by atoms with E-state index in [0.717, 1.165) is 47.5 Å². The highest BCUT2D eigenvalue weighted by molar-refractivity contribution is 5.90. The number of benzene rings is 1. The molecule has 3 unspecified atom stereocenters. The largest absolute Gasteiger partial charge is 0.367 e. The molecule has 3 atom stereocenters. The van der Waals surface area contributed by atoms with Crippen LogP contribution in [0.15, 0.2) is 48.8 Å². The zero-order valence-corrected chi connectivity index (χ0v) is 14.5. The molecule has 0 radical (unpaired) electrons. The summed E-state index contributed by atoms with van der Waals surface area (Å²) < 4.78 is 0. The quantitative estimate of drug-likeness (QED) is 0.677. The molecule has 0 spiro atoms. The average molecular weight is 346 g/mol. The Hall–Kier alpha value is -2.57. The van der Waals surface area contributed by atoms with Crippen molar-refractivity contribution >= 4 is 16.7 Å². The van der Waals surface area contributed by atoms with Gasteiger partial charge in [-0.15, -0.1) is 0 Å². The molecule has 1 aliphatic heterocycles. The Morgan fingerprint density at radius 2 is 1.88 bits per heavy atom. The van der Waals surface area contributed by atoms with Crippen LogP contribution in [0.2, 0.25) is 0 Å². The Morgan fingerprint density at radius 3 is 2.81 bits per heavy atom. The zero-order valence-electron chi connectivity index (χ0n) is 14.5. The molecule has 1 saturated carbocycles. The number of pyridine rings is 1. The number of anilines is 1. The van der Waals surface area contributed by atoms with Gasteiger partial charge in [0.15, 0.2) is 5.82 Å². The van der Waals surface area contributed by atoms with Crippen molar-refractivity contribution in [1.82, 2.24) is 25.8 Å². The van der Waals surface area contributed by atoms with Crippen LogP contribution in [0.3, 0.4) is 0 Å². The molecular weight excluding hydrogens is 324 g/mol. The lowest BCUT2D eigenvalue weighted by atomic mass is 9.83. The normalized spacial score (nSPS) is 25.2. The topological polar surface area (TPSA) is 74.8 Å². The molecule has 1 aliphatic carbocycles. The smallest absolute Gasteiger partial charge is 0.162 e. The van der Waals surface area contributed by atoms with Gasteiger partial charge in [0, 0.05) is 42.0 Å². The van der Waals surface area contributed by atoms with Crippen LogP contribution in [0, 0.1) is 5.92 Å². The van der Waals surface area contributed by atoms with Crippen LogP contribution in [0.4, 0.5) is 5.82 Å². The minimum absolute atomic E-state index is 0.446. The fourth-order valence-electron chi connectivity index (χ4n) is 4.14. The summed E-state index contributed by atoms with van der Waals surface area (Å²) in [6.07, 6.45) is 7.06. The number of fused-ring (bicyclic) bond motifs is 2. The fourth-order valence-corrected chi connectivity index (χ4v) is 4.14. The molecule has 0 bridgehead atoms. The minimum atomic E-state index is 0.446. The lowest BCUT2D eigenvalue weighted by Gasteiger charge is -2.31. The highest BCUT2D eigenvalue weighted by Crippen LogP contribution is 2.31. The van der Waals surface area contributed by atoms with Gasteiger partial charge in [-0.3, -0.25) is 15.8 Å². The molecule has 132 valence electrons. The lowest BCUT2D eigenvalue weighted by Crippen LogP contribution is -2.39. The Balaban J connectivity index is 1.50. The Bertz CT molecular complexity index is 913. The number of nitrogens with one attached hydrogen (secondary N) is 3. The lowest BCUT2D eigenvalue weighted by molar-refractivity contribution is 0.314. The molecule has 3 heterocycles. The maximum Gasteiger partial charge on any atom is 0.162 e. The van der Waals surface area contributed by atoms with E-state index in [4.69, 9.17) is 9.97 Å². The Labute approximate surface area is 152 Å². The summed E-state index contributed by atoms with van der Waals surface area (Å²) in [6, 6.07) is 13.2. The van der Waals surface area contributed by atoms with Crippen molar-refractivity contribution in [2.24, 2.45) is 5.92 Å². The number of rotatable bonds is 3. The van der Waals surface area contributed by atoms with E-state index < -0.39 is 0 Å². The van der Waals surface area contributed by atoms with Crippen LogP contribution in [0.25, 0.3) is 22.3 Å². The van der Waals surface area contributed by atoms with Crippen molar-refractivity contribution in [3.63, 3.8) is 0 Å². The number of hydrazine groups is 1. The average Bonchev–Trinajstić information content (AvgIpc) is 3.16. The molecule has 2 aromatic heterocycles. The zero-order chi connectivity index (χ0) is 17.3. The number of hydrogen-bond acceptors (Lipinski definition) is 6. The summed E-state index contributed by atoms with van der Waals surface area (Å²) >= 11 is 0. The molecule has 2 fully saturated rings. The van der Waals surface area contributed by atoms with Gasteiger partial charge >= 0.3 is 0 Å². The highest BCUT2D eigenvalue weighted by Gasteiger charge is 2.34. The first-order chi connectivity index (χ1) is 12.9. The van der Waals surface area contributed by atoms with Crippen molar-refractivity contribution in [2.45, 2.75) is 31.3 Å². The van der Waals surface area contributed by atoms with Crippen LogP contribution in [-0.2, 0) is 0 Å². The van der Waals surface area contributed by atoms with E-state index in [1.807, 2.05) is 24.3 Å². The second kappa shape index (κ2) is 6.63. The third-order valence-corrected chi connectivity index (χ3v) is 5.52. The molecule has 26 heavy (non-hydrogen) atoms. The fraction of sp³-hybridized carbons (Fsp3) is 0.350. The number of hydrogen-bond donors (Lipinski definition) is 3. The summed E-state index contributed by atoms with van der Waals surface area (Å²) in [7, 11) is 0. The SMILES string of the molecule is c1ccc2c(NC3CCC4NNCC4C3)nc(-c3ccncc3)nc2c1. The van der Waals surface area contributed by atoms with Gasteiger partial charge in [0.2, 0.25) is 0 Å². The van der Waals surface area contributed by atoms with Gasteiger partial charge < -0.3 is 5.32 Å². The number of aromatic nitrogens is 3. The first-order valence-electron chi connectivity index (χ1n) is 9.29. The van der Waals surface area contributed by atoms with Gasteiger partial charge in [-0.05, 0) is 49.4 Å². The maximum absolute atomic E-state index is 4.87. The molecule has 6 nitrogen and oxygen atoms in total. The highest BCUT2D eigenvalue weighted by atomic mass is 15.4. The van der Waals surface area contributed by atoms with Gasteiger partial charge in [0.1, 0.15) is 5.82 Å². The van der Waals surface area contributed by atoms with Crippen molar-refractivity contribution in [3.05, 3.63) is 48.8 Å². The van der Waals surface area contributed by atoms with E-state index in [-0.39, 0.29) is 0 Å². The van der Waals surface area contributed by atoms with Gasteiger partial charge in [-0.2, -0.15) is 0 Å². The van der Waals surface area contributed by atoms with Gasteiger partial charge in [-0.25, -0.2) is 9.97 Å². The van der Waals surface area contributed by atoms with E-state index in [1.165, 1.54) is 6.42 Å². The second-order valence-electron chi connectivity index (χ2n) is 7.19. The standard InChI is InChI=1S/C20H22N6/c1-2-4-18-16(3-1)20(25-19(24-18)13-7-9-21-10-8-13)23-15-5-6-17-14(11-15)12-22-26-17/h1-4,7-10,14-15,17,22,26H,5-6,11-12H2,(H,23,24,25). The number of para-hydroxylation sites is 1. The summed E-state index contributed by atoms with van der Waals surface area (Å²) in [5, 5.41) is 4.80. The molecule has 0 amide bonds. The maximum atomic E-state index is 4.87. The van der Waals surface area contributed by atoms with Gasteiger partial charge in [0.05, 0.1) is 5.52 Å². The monoisotopic (exact) mass is 346 g/mol. The molecule has 5 rings (SSSR count). The van der Waals surface area contributed by atoms with Crippen LogP contribution in [0.5, 0.6) is 0 Å². The number of nitrogens with zero attached hydrogens (tertiary/aromatic N) is 3. The van der Waals surface area contributed by atoms with Crippen molar-refractivity contribution < 1.29 is 0 Å². The van der Waals surface area contributed by atoms with E-state index in [1.54, 1.807) is 12.4 Å². The molecule has 1 saturated heterocycles. The van der Waals surface area contributed by atoms with Crippen LogP contribution in [-0.4, -0.2) is 33.6 Å². The van der Waals surface area contributed by atoms with E-state index in [9.17, 15) is 0 Å². The van der Waals surface area contributed by atoms with Crippen LogP contribution in [0.1, 0.15) is 19.3 Å². The molecule has 3 N–H and O–H groups in total. The van der Waals surface area contributed by atoms with E-state index >= 15 is 0 Å². The molecule has 1 aromatic carbocycles. The third-order valence-electron chi connectivity index (χ3n) is 5.52. The third kappa shape index (κ3) is 2.91.